The van der Waals surface area contributed by atoms with Crippen molar-refractivity contribution in [2.24, 2.45) is 10.8 Å². The van der Waals surface area contributed by atoms with Gasteiger partial charge in [0, 0.05) is 13.1 Å². The Hall–Kier alpha value is -2.88. The number of hydrogen-bond acceptors (Lipinski definition) is 5. The van der Waals surface area contributed by atoms with Crippen molar-refractivity contribution in [1.29, 1.82) is 10.7 Å². The number of hydrogen-bond donors (Lipinski definition) is 3. The van der Waals surface area contributed by atoms with Crippen molar-refractivity contribution in [3.8, 4) is 6.07 Å². The van der Waals surface area contributed by atoms with E-state index in [0.717, 1.165) is 38.8 Å². The molecule has 1 aliphatic heterocycles. The van der Waals surface area contributed by atoms with E-state index < -0.39 is 5.84 Å². The lowest BCUT2D eigenvalue weighted by atomic mass is 10.1. The number of nitrogens with one attached hydrogen (secondary N) is 2. The number of amidine groups is 1. The largest absolute Gasteiger partial charge is 0.382 e. The summed E-state index contributed by atoms with van der Waals surface area (Å²) in [4.78, 5) is 14.6. The molecule has 0 bridgehead atoms. The highest BCUT2D eigenvalue weighted by Crippen LogP contribution is 2.20. The van der Waals surface area contributed by atoms with Gasteiger partial charge >= 0.3 is 0 Å². The van der Waals surface area contributed by atoms with Crippen LogP contribution in [0.2, 0.25) is 0 Å². The monoisotopic (exact) mass is 312 g/mol. The van der Waals surface area contributed by atoms with Gasteiger partial charge in [-0.1, -0.05) is 25.0 Å². The number of nitriles is 1. The molecule has 0 radical (unpaired) electrons. The van der Waals surface area contributed by atoms with Gasteiger partial charge in [0.1, 0.15) is 6.07 Å². The number of para-hydroxylation sites is 1. The van der Waals surface area contributed by atoms with Gasteiger partial charge in [0.15, 0.2) is 5.84 Å². The minimum atomic E-state index is -0.420. The first-order valence-corrected chi connectivity index (χ1v) is 7.60. The van der Waals surface area contributed by atoms with E-state index in [-0.39, 0.29) is 11.6 Å². The first kappa shape index (κ1) is 16.5. The molecule has 2 rings (SSSR count). The Morgan fingerprint density at radius 3 is 2.52 bits per heavy atom. The average Bonchev–Trinajstić information content (AvgIpc) is 2.84. The maximum absolute atomic E-state index is 12.7. The molecule has 1 amide bonds. The molecule has 0 aliphatic carbocycles. The van der Waals surface area contributed by atoms with Crippen molar-refractivity contribution in [2.45, 2.75) is 25.7 Å². The molecule has 0 atom stereocenters. The van der Waals surface area contributed by atoms with E-state index >= 15 is 0 Å². The lowest BCUT2D eigenvalue weighted by Crippen LogP contribution is -2.32. The highest BCUT2D eigenvalue weighted by molar-refractivity contribution is 6.45. The first-order chi connectivity index (χ1) is 11.1. The summed E-state index contributed by atoms with van der Waals surface area (Å²) in [5, 5.41) is 19.9. The van der Waals surface area contributed by atoms with E-state index in [2.05, 4.69) is 10.5 Å². The molecular formula is C16H20N6O. The summed E-state index contributed by atoms with van der Waals surface area (Å²) in [6.45, 7) is 1.51. The number of anilines is 1. The molecule has 4 N–H and O–H groups in total. The number of likely N-dealkylation sites (tertiary alicyclic amines) is 1. The zero-order valence-corrected chi connectivity index (χ0v) is 12.9. The van der Waals surface area contributed by atoms with Crippen molar-refractivity contribution in [3.05, 3.63) is 29.8 Å². The molecule has 1 saturated heterocycles. The second-order valence-corrected chi connectivity index (χ2v) is 5.35. The summed E-state index contributed by atoms with van der Waals surface area (Å²) in [5.74, 6) is -0.470. The van der Waals surface area contributed by atoms with Crippen molar-refractivity contribution >= 4 is 23.1 Å². The van der Waals surface area contributed by atoms with Crippen LogP contribution in [0.5, 0.6) is 0 Å². The Bertz CT molecular complexity index is 653. The molecule has 0 saturated carbocycles. The number of benzene rings is 1. The van der Waals surface area contributed by atoms with Crippen LogP contribution in [0, 0.1) is 16.7 Å². The van der Waals surface area contributed by atoms with E-state index in [1.807, 2.05) is 4.90 Å². The van der Waals surface area contributed by atoms with Crippen LogP contribution in [-0.2, 0) is 0 Å². The Kier molecular flexibility index (Phi) is 5.69. The molecule has 1 aliphatic rings. The molecule has 0 spiro atoms. The van der Waals surface area contributed by atoms with Crippen molar-refractivity contribution in [1.82, 2.24) is 4.90 Å². The Morgan fingerprint density at radius 2 is 1.91 bits per heavy atom. The Balaban J connectivity index is 2.21. The number of carbonyl (C=O) groups is 1. The molecule has 1 fully saturated rings. The maximum Gasteiger partial charge on any atom is 0.256 e. The number of amides is 1. The van der Waals surface area contributed by atoms with E-state index in [0.29, 0.717) is 11.3 Å². The molecular weight excluding hydrogens is 292 g/mol. The SMILES string of the molecule is N#C/C(=N\Nc1ccccc1C(=O)N1CCCCCC1)C(=N)N. The molecule has 1 aromatic rings. The highest BCUT2D eigenvalue weighted by atomic mass is 16.2. The summed E-state index contributed by atoms with van der Waals surface area (Å²) < 4.78 is 0. The van der Waals surface area contributed by atoms with Crippen molar-refractivity contribution in [2.75, 3.05) is 18.5 Å². The zero-order chi connectivity index (χ0) is 16.7. The molecule has 1 aromatic carbocycles. The van der Waals surface area contributed by atoms with E-state index in [1.54, 1.807) is 30.3 Å². The van der Waals surface area contributed by atoms with Crippen LogP contribution in [0.3, 0.4) is 0 Å². The fourth-order valence-electron chi connectivity index (χ4n) is 2.47. The highest BCUT2D eigenvalue weighted by Gasteiger charge is 2.19. The lowest BCUT2D eigenvalue weighted by molar-refractivity contribution is 0.0762. The molecule has 23 heavy (non-hydrogen) atoms. The van der Waals surface area contributed by atoms with Gasteiger partial charge < -0.3 is 10.6 Å². The van der Waals surface area contributed by atoms with Crippen LogP contribution < -0.4 is 11.2 Å². The van der Waals surface area contributed by atoms with Gasteiger partial charge in [-0.05, 0) is 25.0 Å². The smallest absolute Gasteiger partial charge is 0.256 e. The average molecular weight is 312 g/mol. The van der Waals surface area contributed by atoms with E-state index in [4.69, 9.17) is 16.4 Å². The van der Waals surface area contributed by atoms with Gasteiger partial charge in [-0.2, -0.15) is 10.4 Å². The quantitative estimate of drug-likeness (QED) is 0.447. The van der Waals surface area contributed by atoms with Gasteiger partial charge in [0.25, 0.3) is 5.91 Å². The minimum absolute atomic E-state index is 0.0495. The number of hydrazone groups is 1. The van der Waals surface area contributed by atoms with E-state index in [1.165, 1.54) is 0 Å². The number of rotatable bonds is 4. The molecule has 7 heteroatoms. The second-order valence-electron chi connectivity index (χ2n) is 5.35. The number of carbonyl (C=O) groups excluding carboxylic acids is 1. The summed E-state index contributed by atoms with van der Waals surface area (Å²) in [7, 11) is 0. The van der Waals surface area contributed by atoms with Crippen molar-refractivity contribution in [3.63, 3.8) is 0 Å². The maximum atomic E-state index is 12.7. The summed E-state index contributed by atoms with van der Waals surface area (Å²) in [6, 6.07) is 8.74. The first-order valence-electron chi connectivity index (χ1n) is 7.60. The van der Waals surface area contributed by atoms with Crippen LogP contribution in [0.4, 0.5) is 5.69 Å². The van der Waals surface area contributed by atoms with Crippen LogP contribution in [0.1, 0.15) is 36.0 Å². The van der Waals surface area contributed by atoms with Gasteiger partial charge in [-0.3, -0.25) is 15.6 Å². The molecule has 0 unspecified atom stereocenters. The van der Waals surface area contributed by atoms with E-state index in [9.17, 15) is 4.79 Å². The zero-order valence-electron chi connectivity index (χ0n) is 12.9. The third-order valence-electron chi connectivity index (χ3n) is 3.70. The summed E-state index contributed by atoms with van der Waals surface area (Å²) in [6.07, 6.45) is 4.33. The molecule has 0 aromatic heterocycles. The fourth-order valence-corrected chi connectivity index (χ4v) is 2.47. The second kappa shape index (κ2) is 7.94. The lowest BCUT2D eigenvalue weighted by Gasteiger charge is -2.21. The molecule has 7 nitrogen and oxygen atoms in total. The van der Waals surface area contributed by atoms with Crippen LogP contribution >= 0.6 is 0 Å². The third-order valence-corrected chi connectivity index (χ3v) is 3.70. The standard InChI is InChI=1S/C16H20N6O/c17-11-14(15(18)19)21-20-13-8-4-3-7-12(13)16(23)22-9-5-1-2-6-10-22/h3-4,7-8,20H,1-2,5-6,9-10H2,(H3,18,19)/b21-14+. The summed E-state index contributed by atoms with van der Waals surface area (Å²) >= 11 is 0. The minimum Gasteiger partial charge on any atom is -0.382 e. The topological polar surface area (TPSA) is 118 Å². The summed E-state index contributed by atoms with van der Waals surface area (Å²) in [5.41, 5.74) is 8.71. The van der Waals surface area contributed by atoms with Gasteiger partial charge in [-0.15, -0.1) is 0 Å². The predicted molar refractivity (Wildman–Crippen MR) is 89.4 cm³/mol. The van der Waals surface area contributed by atoms with Crippen LogP contribution in [0.25, 0.3) is 0 Å². The Morgan fingerprint density at radius 1 is 1.26 bits per heavy atom. The predicted octanol–water partition coefficient (Wildman–Crippen LogP) is 1.93. The third kappa shape index (κ3) is 4.30. The van der Waals surface area contributed by atoms with Gasteiger partial charge in [0.2, 0.25) is 5.71 Å². The molecule has 1 heterocycles. The van der Waals surface area contributed by atoms with Gasteiger partial charge in [0.05, 0.1) is 11.3 Å². The van der Waals surface area contributed by atoms with Crippen LogP contribution in [-0.4, -0.2) is 35.4 Å². The van der Waals surface area contributed by atoms with Crippen LogP contribution in [0.15, 0.2) is 29.4 Å². The van der Waals surface area contributed by atoms with Crippen molar-refractivity contribution < 1.29 is 4.79 Å². The number of nitrogens with two attached hydrogens (primary N) is 1. The fraction of sp³-hybridized carbons (Fsp3) is 0.375. The molecule has 120 valence electrons. The normalized spacial score (nSPS) is 15.4. The number of nitrogens with zero attached hydrogens (tertiary/aromatic N) is 3. The van der Waals surface area contributed by atoms with Gasteiger partial charge in [-0.25, -0.2) is 0 Å². The Labute approximate surface area is 135 Å².